The highest BCUT2D eigenvalue weighted by atomic mass is 35.5. The number of carboxylic acid groups (broad SMARTS) is 1. The van der Waals surface area contributed by atoms with E-state index in [4.69, 9.17) is 21.4 Å². The van der Waals surface area contributed by atoms with E-state index in [0.717, 1.165) is 0 Å². The molecule has 108 valence electrons. The van der Waals surface area contributed by atoms with Gasteiger partial charge in [0.25, 0.3) is 0 Å². The molecule has 2 unspecified atom stereocenters. The van der Waals surface area contributed by atoms with Crippen molar-refractivity contribution >= 4 is 23.5 Å². The van der Waals surface area contributed by atoms with Crippen LogP contribution in [0, 0.1) is 11.8 Å². The van der Waals surface area contributed by atoms with Gasteiger partial charge in [-0.15, -0.1) is 0 Å². The fourth-order valence-corrected chi connectivity index (χ4v) is 2.09. The number of nitrogens with zero attached hydrogens (tertiary/aromatic N) is 1. The lowest BCUT2D eigenvalue weighted by atomic mass is 10.3. The Morgan fingerprint density at radius 1 is 1.35 bits per heavy atom. The Balaban J connectivity index is 1.73. The molecule has 2 rings (SSSR count). The molecule has 1 amide bonds. The van der Waals surface area contributed by atoms with E-state index in [1.807, 2.05) is 0 Å². The summed E-state index contributed by atoms with van der Waals surface area (Å²) >= 11 is 5.76. The molecule has 1 aliphatic rings. The number of amides is 1. The third-order valence-electron chi connectivity index (χ3n) is 3.31. The maximum absolute atomic E-state index is 11.9. The number of ether oxygens (including phenoxy) is 1. The highest BCUT2D eigenvalue weighted by molar-refractivity contribution is 6.30. The van der Waals surface area contributed by atoms with Gasteiger partial charge in [-0.1, -0.05) is 11.6 Å². The van der Waals surface area contributed by atoms with Crippen LogP contribution in [0.3, 0.4) is 0 Å². The molecule has 0 heterocycles. The summed E-state index contributed by atoms with van der Waals surface area (Å²) < 4.78 is 5.49. The summed E-state index contributed by atoms with van der Waals surface area (Å²) in [5.74, 6) is -1.22. The molecule has 6 heteroatoms. The van der Waals surface area contributed by atoms with Crippen LogP contribution in [-0.4, -0.2) is 42.1 Å². The second-order valence-corrected chi connectivity index (χ2v) is 5.29. The summed E-state index contributed by atoms with van der Waals surface area (Å²) in [5, 5.41) is 9.43. The number of carboxylic acids is 1. The minimum absolute atomic E-state index is 0.128. The second kappa shape index (κ2) is 6.13. The Kier molecular flexibility index (Phi) is 4.49. The van der Waals surface area contributed by atoms with Crippen LogP contribution in [0.4, 0.5) is 0 Å². The lowest BCUT2D eigenvalue weighted by Crippen LogP contribution is -2.32. The van der Waals surface area contributed by atoms with Gasteiger partial charge in [-0.05, 0) is 30.7 Å². The van der Waals surface area contributed by atoms with E-state index in [2.05, 4.69) is 0 Å². The number of benzene rings is 1. The number of aliphatic carboxylic acids is 1. The van der Waals surface area contributed by atoms with Gasteiger partial charge >= 0.3 is 5.97 Å². The molecule has 1 N–H and O–H groups in total. The summed E-state index contributed by atoms with van der Waals surface area (Å²) in [6.45, 7) is 0.776. The van der Waals surface area contributed by atoms with Crippen LogP contribution in [-0.2, 0) is 9.59 Å². The average molecular weight is 298 g/mol. The van der Waals surface area contributed by atoms with Crippen molar-refractivity contribution in [3.8, 4) is 5.75 Å². The first-order valence-corrected chi connectivity index (χ1v) is 6.73. The van der Waals surface area contributed by atoms with Crippen LogP contribution in [0.2, 0.25) is 5.02 Å². The van der Waals surface area contributed by atoms with E-state index < -0.39 is 11.9 Å². The van der Waals surface area contributed by atoms with Crippen molar-refractivity contribution in [3.05, 3.63) is 29.3 Å². The number of hydrogen-bond donors (Lipinski definition) is 1. The quantitative estimate of drug-likeness (QED) is 0.871. The third-order valence-corrected chi connectivity index (χ3v) is 3.56. The highest BCUT2D eigenvalue weighted by Gasteiger charge is 2.49. The van der Waals surface area contributed by atoms with Gasteiger partial charge in [0.2, 0.25) is 5.91 Å². The Labute approximate surface area is 122 Å². The molecule has 0 aliphatic heterocycles. The van der Waals surface area contributed by atoms with Crippen molar-refractivity contribution in [2.45, 2.75) is 6.42 Å². The van der Waals surface area contributed by atoms with E-state index >= 15 is 0 Å². The van der Waals surface area contributed by atoms with Gasteiger partial charge in [-0.25, -0.2) is 0 Å². The molecule has 2 atom stereocenters. The molecular formula is C14H16ClNO4. The zero-order valence-corrected chi connectivity index (χ0v) is 11.8. The van der Waals surface area contributed by atoms with Crippen molar-refractivity contribution in [1.29, 1.82) is 0 Å². The SMILES string of the molecule is CN(CCOc1ccc(Cl)cc1)C(=O)C1CC1C(=O)O. The van der Waals surface area contributed by atoms with Crippen LogP contribution in [0.5, 0.6) is 5.75 Å². The number of hydrogen-bond acceptors (Lipinski definition) is 3. The molecule has 1 saturated carbocycles. The first-order valence-electron chi connectivity index (χ1n) is 6.35. The number of halogens is 1. The normalized spacial score (nSPS) is 20.3. The average Bonchev–Trinajstić information content (AvgIpc) is 3.20. The van der Waals surface area contributed by atoms with Crippen LogP contribution in [0.1, 0.15) is 6.42 Å². The molecule has 0 radical (unpaired) electrons. The molecular weight excluding hydrogens is 282 g/mol. The molecule has 1 aliphatic carbocycles. The number of rotatable bonds is 6. The minimum atomic E-state index is -0.894. The van der Waals surface area contributed by atoms with E-state index in [1.165, 1.54) is 4.90 Å². The third kappa shape index (κ3) is 3.63. The van der Waals surface area contributed by atoms with Gasteiger partial charge in [-0.2, -0.15) is 0 Å². The summed E-state index contributed by atoms with van der Waals surface area (Å²) in [6, 6.07) is 6.97. The molecule has 1 fully saturated rings. The van der Waals surface area contributed by atoms with E-state index in [1.54, 1.807) is 31.3 Å². The van der Waals surface area contributed by atoms with Crippen LogP contribution in [0.25, 0.3) is 0 Å². The Morgan fingerprint density at radius 2 is 2.00 bits per heavy atom. The fourth-order valence-electron chi connectivity index (χ4n) is 1.97. The zero-order valence-electron chi connectivity index (χ0n) is 11.1. The summed E-state index contributed by atoms with van der Waals surface area (Å²) in [5.41, 5.74) is 0. The zero-order chi connectivity index (χ0) is 14.7. The Morgan fingerprint density at radius 3 is 2.55 bits per heavy atom. The fraction of sp³-hybridized carbons (Fsp3) is 0.429. The molecule has 0 aromatic heterocycles. The lowest BCUT2D eigenvalue weighted by molar-refractivity contribution is -0.141. The van der Waals surface area contributed by atoms with Crippen LogP contribution in [0.15, 0.2) is 24.3 Å². The highest BCUT2D eigenvalue weighted by Crippen LogP contribution is 2.39. The van der Waals surface area contributed by atoms with Gasteiger partial charge in [0.15, 0.2) is 0 Å². The monoisotopic (exact) mass is 297 g/mol. The van der Waals surface area contributed by atoms with Gasteiger partial charge < -0.3 is 14.7 Å². The predicted octanol–water partition coefficient (Wildman–Crippen LogP) is 1.90. The maximum Gasteiger partial charge on any atom is 0.307 e. The smallest absolute Gasteiger partial charge is 0.307 e. The van der Waals surface area contributed by atoms with Crippen molar-refractivity contribution in [1.82, 2.24) is 4.90 Å². The number of carbonyl (C=O) groups excluding carboxylic acids is 1. The van der Waals surface area contributed by atoms with Gasteiger partial charge in [-0.3, -0.25) is 9.59 Å². The first kappa shape index (κ1) is 14.7. The van der Waals surface area contributed by atoms with E-state index in [9.17, 15) is 9.59 Å². The van der Waals surface area contributed by atoms with Crippen LogP contribution >= 0.6 is 11.6 Å². The van der Waals surface area contributed by atoms with E-state index in [-0.39, 0.29) is 11.8 Å². The Bertz CT molecular complexity index is 502. The maximum atomic E-state index is 11.9. The molecule has 0 spiro atoms. The first-order chi connectivity index (χ1) is 9.49. The molecule has 0 saturated heterocycles. The van der Waals surface area contributed by atoms with Gasteiger partial charge in [0.05, 0.1) is 18.4 Å². The van der Waals surface area contributed by atoms with Crippen molar-refractivity contribution in [2.75, 3.05) is 20.2 Å². The number of carbonyl (C=O) groups is 2. The largest absolute Gasteiger partial charge is 0.492 e. The number of likely N-dealkylation sites (N-methyl/N-ethyl adjacent to an activating group) is 1. The summed E-state index contributed by atoms with van der Waals surface area (Å²) in [4.78, 5) is 24.1. The molecule has 20 heavy (non-hydrogen) atoms. The van der Waals surface area contributed by atoms with Crippen molar-refractivity contribution in [3.63, 3.8) is 0 Å². The molecule has 1 aromatic carbocycles. The summed E-state index contributed by atoms with van der Waals surface area (Å²) in [6.07, 6.45) is 0.441. The van der Waals surface area contributed by atoms with E-state index in [0.29, 0.717) is 30.3 Å². The molecule has 5 nitrogen and oxygen atoms in total. The molecule has 1 aromatic rings. The van der Waals surface area contributed by atoms with Crippen LogP contribution < -0.4 is 4.74 Å². The van der Waals surface area contributed by atoms with Crippen molar-refractivity contribution in [2.24, 2.45) is 11.8 Å². The molecule has 0 bridgehead atoms. The second-order valence-electron chi connectivity index (χ2n) is 4.85. The lowest BCUT2D eigenvalue weighted by Gasteiger charge is -2.17. The Hall–Kier alpha value is -1.75. The summed E-state index contributed by atoms with van der Waals surface area (Å²) in [7, 11) is 1.66. The van der Waals surface area contributed by atoms with Gasteiger partial charge in [0, 0.05) is 12.1 Å². The minimum Gasteiger partial charge on any atom is -0.492 e. The van der Waals surface area contributed by atoms with Crippen molar-refractivity contribution < 1.29 is 19.4 Å². The van der Waals surface area contributed by atoms with Gasteiger partial charge in [0.1, 0.15) is 12.4 Å². The topological polar surface area (TPSA) is 66.8 Å². The standard InChI is InChI=1S/C14H16ClNO4/c1-16(13(17)11-8-12(11)14(18)19)6-7-20-10-4-2-9(15)3-5-10/h2-5,11-12H,6-8H2,1H3,(H,18,19). The predicted molar refractivity (Wildman–Crippen MR) is 73.8 cm³/mol.